The minimum absolute atomic E-state index is 0.109. The van der Waals surface area contributed by atoms with Crippen LogP contribution in [0.15, 0.2) is 41.3 Å². The second-order valence-corrected chi connectivity index (χ2v) is 6.33. The van der Waals surface area contributed by atoms with Gasteiger partial charge in [0.25, 0.3) is 5.91 Å². The summed E-state index contributed by atoms with van der Waals surface area (Å²) in [5.41, 5.74) is 5.71. The van der Waals surface area contributed by atoms with Crippen molar-refractivity contribution in [1.82, 2.24) is 0 Å². The molecule has 138 valence electrons. The number of halogens is 1. The van der Waals surface area contributed by atoms with E-state index in [-0.39, 0.29) is 29.4 Å². The van der Waals surface area contributed by atoms with Gasteiger partial charge in [-0.3, -0.25) is 9.59 Å². The molecule has 0 saturated carbocycles. The first kappa shape index (κ1) is 19.6. The van der Waals surface area contributed by atoms with Crippen LogP contribution in [0, 0.1) is 5.82 Å². The molecule has 0 aliphatic carbocycles. The Bertz CT molecular complexity index is 814. The average molecular weight is 378 g/mol. The van der Waals surface area contributed by atoms with Crippen molar-refractivity contribution in [3.05, 3.63) is 47.8 Å². The van der Waals surface area contributed by atoms with Crippen molar-refractivity contribution in [2.75, 3.05) is 25.3 Å². The summed E-state index contributed by atoms with van der Waals surface area (Å²) in [6.07, 6.45) is 0.131. The van der Waals surface area contributed by atoms with Gasteiger partial charge in [-0.1, -0.05) is 12.1 Å². The summed E-state index contributed by atoms with van der Waals surface area (Å²) in [6.45, 7) is 0. The zero-order valence-electron chi connectivity index (χ0n) is 14.4. The number of amides is 2. The maximum atomic E-state index is 13.6. The summed E-state index contributed by atoms with van der Waals surface area (Å²) in [5, 5.41) is 2.64. The highest BCUT2D eigenvalue weighted by molar-refractivity contribution is 7.99. The summed E-state index contributed by atoms with van der Waals surface area (Å²) >= 11 is 1.24. The zero-order valence-corrected chi connectivity index (χ0v) is 15.2. The van der Waals surface area contributed by atoms with E-state index in [9.17, 15) is 14.0 Å². The van der Waals surface area contributed by atoms with E-state index in [1.165, 1.54) is 44.2 Å². The number of hydrogen-bond donors (Lipinski definition) is 2. The van der Waals surface area contributed by atoms with Crippen molar-refractivity contribution in [1.29, 1.82) is 0 Å². The van der Waals surface area contributed by atoms with Gasteiger partial charge in [-0.15, -0.1) is 11.8 Å². The number of carbonyl (C=O) groups excluding carboxylic acids is 2. The Morgan fingerprint density at radius 2 is 1.81 bits per heavy atom. The predicted molar refractivity (Wildman–Crippen MR) is 98.4 cm³/mol. The first-order valence-electron chi connectivity index (χ1n) is 7.69. The van der Waals surface area contributed by atoms with Gasteiger partial charge in [-0.25, -0.2) is 4.39 Å². The third kappa shape index (κ3) is 4.89. The van der Waals surface area contributed by atoms with Crippen LogP contribution in [0.3, 0.4) is 0 Å². The molecule has 0 aliphatic rings. The third-order valence-corrected chi connectivity index (χ3v) is 4.54. The van der Waals surface area contributed by atoms with Crippen molar-refractivity contribution in [2.24, 2.45) is 5.73 Å². The van der Waals surface area contributed by atoms with E-state index in [0.717, 1.165) is 0 Å². The number of benzene rings is 2. The van der Waals surface area contributed by atoms with Crippen molar-refractivity contribution < 1.29 is 23.5 Å². The number of rotatable bonds is 8. The summed E-state index contributed by atoms with van der Waals surface area (Å²) in [7, 11) is 2.87. The van der Waals surface area contributed by atoms with Crippen molar-refractivity contribution in [3.8, 4) is 11.5 Å². The number of nitrogens with two attached hydrogens (primary N) is 1. The Labute approximate surface area is 154 Å². The molecule has 2 aromatic rings. The van der Waals surface area contributed by atoms with E-state index in [1.807, 2.05) is 0 Å². The summed E-state index contributed by atoms with van der Waals surface area (Å²) in [5.74, 6) is -0.298. The van der Waals surface area contributed by atoms with Gasteiger partial charge in [0.2, 0.25) is 5.91 Å². The lowest BCUT2D eigenvalue weighted by molar-refractivity contribution is -0.115. The van der Waals surface area contributed by atoms with Gasteiger partial charge in [-0.2, -0.15) is 0 Å². The van der Waals surface area contributed by atoms with Crippen LogP contribution >= 0.6 is 11.8 Å². The highest BCUT2D eigenvalue weighted by atomic mass is 32.2. The van der Waals surface area contributed by atoms with Gasteiger partial charge in [0.05, 0.1) is 25.5 Å². The first-order chi connectivity index (χ1) is 12.5. The molecule has 2 amide bonds. The number of carbonyl (C=O) groups is 2. The Morgan fingerprint density at radius 1 is 1.15 bits per heavy atom. The van der Waals surface area contributed by atoms with Crippen LogP contribution in [0.2, 0.25) is 0 Å². The molecular formula is C18H19FN2O4S. The van der Waals surface area contributed by atoms with E-state index in [1.54, 1.807) is 18.2 Å². The van der Waals surface area contributed by atoms with E-state index in [0.29, 0.717) is 22.1 Å². The average Bonchev–Trinajstić information content (AvgIpc) is 2.62. The van der Waals surface area contributed by atoms with Gasteiger partial charge >= 0.3 is 0 Å². The zero-order chi connectivity index (χ0) is 19.1. The third-order valence-electron chi connectivity index (χ3n) is 3.49. The van der Waals surface area contributed by atoms with E-state index in [2.05, 4.69) is 5.32 Å². The Morgan fingerprint density at radius 3 is 2.42 bits per heavy atom. The minimum Gasteiger partial charge on any atom is -0.493 e. The monoisotopic (exact) mass is 378 g/mol. The lowest BCUT2D eigenvalue weighted by Gasteiger charge is -2.14. The summed E-state index contributed by atoms with van der Waals surface area (Å²) in [6, 6.07) is 9.23. The van der Waals surface area contributed by atoms with Gasteiger partial charge in [0.1, 0.15) is 5.82 Å². The molecule has 0 radical (unpaired) electrons. The standard InChI is InChI=1S/C18H19FN2O4S/c1-24-14-9-11(18(20)23)13(10-15(14)25-2)21-17(22)7-8-26-16-6-4-3-5-12(16)19/h3-6,9-10H,7-8H2,1-2H3,(H2,20,23)(H,21,22). The smallest absolute Gasteiger partial charge is 0.250 e. The second-order valence-electron chi connectivity index (χ2n) is 5.19. The highest BCUT2D eigenvalue weighted by Gasteiger charge is 2.17. The fraction of sp³-hybridized carbons (Fsp3) is 0.222. The van der Waals surface area contributed by atoms with Crippen LogP contribution in [0.1, 0.15) is 16.8 Å². The lowest BCUT2D eigenvalue weighted by Crippen LogP contribution is -2.19. The molecule has 2 rings (SSSR count). The number of hydrogen-bond acceptors (Lipinski definition) is 5. The number of primary amides is 1. The molecule has 8 heteroatoms. The largest absolute Gasteiger partial charge is 0.493 e. The first-order valence-corrected chi connectivity index (χ1v) is 8.67. The number of ether oxygens (including phenoxy) is 2. The highest BCUT2D eigenvalue weighted by Crippen LogP contribution is 2.33. The molecule has 6 nitrogen and oxygen atoms in total. The molecule has 2 aromatic carbocycles. The molecule has 0 saturated heterocycles. The fourth-order valence-corrected chi connectivity index (χ4v) is 3.10. The predicted octanol–water partition coefficient (Wildman–Crippen LogP) is 3.06. The molecular weight excluding hydrogens is 359 g/mol. The SMILES string of the molecule is COc1cc(NC(=O)CCSc2ccccc2F)c(C(N)=O)cc1OC. The molecule has 3 N–H and O–H groups in total. The molecule has 0 heterocycles. The van der Waals surface area contributed by atoms with Crippen LogP contribution < -0.4 is 20.5 Å². The quantitative estimate of drug-likeness (QED) is 0.689. The molecule has 0 spiro atoms. The molecule has 0 aromatic heterocycles. The molecule has 26 heavy (non-hydrogen) atoms. The molecule has 0 unspecified atom stereocenters. The lowest BCUT2D eigenvalue weighted by atomic mass is 10.1. The number of thioether (sulfide) groups is 1. The van der Waals surface area contributed by atoms with Gasteiger partial charge in [0.15, 0.2) is 11.5 Å². The molecule has 0 bridgehead atoms. The maximum Gasteiger partial charge on any atom is 0.250 e. The van der Waals surface area contributed by atoms with Gasteiger partial charge < -0.3 is 20.5 Å². The molecule has 0 atom stereocenters. The van der Waals surface area contributed by atoms with Crippen LogP contribution in [-0.2, 0) is 4.79 Å². The Kier molecular flexibility index (Phi) is 6.85. The van der Waals surface area contributed by atoms with Crippen molar-refractivity contribution in [2.45, 2.75) is 11.3 Å². The Hall–Kier alpha value is -2.74. The van der Waals surface area contributed by atoms with E-state index in [4.69, 9.17) is 15.2 Å². The van der Waals surface area contributed by atoms with E-state index >= 15 is 0 Å². The fourth-order valence-electron chi connectivity index (χ4n) is 2.21. The van der Waals surface area contributed by atoms with Crippen LogP contribution in [-0.4, -0.2) is 31.8 Å². The van der Waals surface area contributed by atoms with Crippen LogP contribution in [0.25, 0.3) is 0 Å². The van der Waals surface area contributed by atoms with Gasteiger partial charge in [-0.05, 0) is 18.2 Å². The van der Waals surface area contributed by atoms with Crippen molar-refractivity contribution in [3.63, 3.8) is 0 Å². The summed E-state index contributed by atoms with van der Waals surface area (Å²) < 4.78 is 23.9. The summed E-state index contributed by atoms with van der Waals surface area (Å²) in [4.78, 5) is 24.3. The van der Waals surface area contributed by atoms with Crippen LogP contribution in [0.4, 0.5) is 10.1 Å². The maximum absolute atomic E-state index is 13.6. The number of nitrogens with one attached hydrogen (secondary N) is 1. The molecule has 0 fully saturated rings. The number of anilines is 1. The second kappa shape index (κ2) is 9.10. The van der Waals surface area contributed by atoms with E-state index < -0.39 is 5.91 Å². The van der Waals surface area contributed by atoms with Crippen molar-refractivity contribution >= 4 is 29.3 Å². The number of methoxy groups -OCH3 is 2. The normalized spacial score (nSPS) is 10.3. The Balaban J connectivity index is 2.05. The van der Waals surface area contributed by atoms with Gasteiger partial charge in [0, 0.05) is 23.1 Å². The topological polar surface area (TPSA) is 90.6 Å². The minimum atomic E-state index is -0.706. The molecule has 0 aliphatic heterocycles. The van der Waals surface area contributed by atoms with Crippen LogP contribution in [0.5, 0.6) is 11.5 Å².